The Kier molecular flexibility index (Phi) is 4.51. The van der Waals surface area contributed by atoms with Gasteiger partial charge < -0.3 is 4.42 Å². The van der Waals surface area contributed by atoms with E-state index in [-0.39, 0.29) is 5.91 Å². The van der Waals surface area contributed by atoms with Crippen LogP contribution in [0.3, 0.4) is 0 Å². The first-order valence-electron chi connectivity index (χ1n) is 8.39. The van der Waals surface area contributed by atoms with Crippen molar-refractivity contribution in [3.8, 4) is 0 Å². The van der Waals surface area contributed by atoms with Crippen molar-refractivity contribution in [2.45, 2.75) is 58.9 Å². The molecule has 2 aromatic heterocycles. The van der Waals surface area contributed by atoms with Crippen LogP contribution in [0.2, 0.25) is 0 Å². The summed E-state index contributed by atoms with van der Waals surface area (Å²) in [5, 5.41) is 0. The van der Waals surface area contributed by atoms with Crippen LogP contribution in [-0.2, 0) is 0 Å². The molecule has 23 heavy (non-hydrogen) atoms. The summed E-state index contributed by atoms with van der Waals surface area (Å²) in [6.07, 6.45) is 7.81. The monoisotopic (exact) mass is 312 g/mol. The van der Waals surface area contributed by atoms with E-state index in [1.807, 2.05) is 39.1 Å². The third-order valence-corrected chi connectivity index (χ3v) is 4.47. The van der Waals surface area contributed by atoms with E-state index in [2.05, 4.69) is 0 Å². The maximum Gasteiger partial charge on any atom is 0.267 e. The van der Waals surface area contributed by atoms with Gasteiger partial charge in [-0.1, -0.05) is 19.3 Å². The van der Waals surface area contributed by atoms with Crippen molar-refractivity contribution in [2.24, 2.45) is 4.99 Å². The summed E-state index contributed by atoms with van der Waals surface area (Å²) in [4.78, 5) is 17.8. The predicted molar refractivity (Wildman–Crippen MR) is 89.5 cm³/mol. The quantitative estimate of drug-likeness (QED) is 0.843. The summed E-state index contributed by atoms with van der Waals surface area (Å²) in [5.41, 5.74) is 2.47. The Bertz CT molecular complexity index is 777. The molecule has 0 N–H and O–H groups in total. The van der Waals surface area contributed by atoms with Gasteiger partial charge in [-0.3, -0.25) is 14.4 Å². The lowest BCUT2D eigenvalue weighted by Crippen LogP contribution is -2.30. The van der Waals surface area contributed by atoms with Gasteiger partial charge in [0.1, 0.15) is 17.0 Å². The van der Waals surface area contributed by atoms with Crippen LogP contribution in [-0.4, -0.2) is 16.5 Å². The van der Waals surface area contributed by atoms with Crippen LogP contribution in [0, 0.1) is 20.8 Å². The molecule has 1 fully saturated rings. The van der Waals surface area contributed by atoms with Crippen LogP contribution < -0.4 is 5.49 Å². The Balaban J connectivity index is 2.03. The Morgan fingerprint density at radius 2 is 1.91 bits per heavy atom. The van der Waals surface area contributed by atoms with Gasteiger partial charge in [-0.25, -0.2) is 0 Å². The van der Waals surface area contributed by atoms with Crippen LogP contribution in [0.25, 0.3) is 0 Å². The number of hydrogen-bond acceptors (Lipinski definition) is 3. The third kappa shape index (κ3) is 3.46. The topological polar surface area (TPSA) is 47.5 Å². The van der Waals surface area contributed by atoms with Crippen molar-refractivity contribution in [1.29, 1.82) is 0 Å². The summed E-state index contributed by atoms with van der Waals surface area (Å²) in [6.45, 7) is 5.71. The third-order valence-electron chi connectivity index (χ3n) is 4.47. The number of aryl methyl sites for hydroxylation is 3. The smallest absolute Gasteiger partial charge is 0.267 e. The van der Waals surface area contributed by atoms with E-state index in [1.54, 1.807) is 10.6 Å². The summed E-state index contributed by atoms with van der Waals surface area (Å²) in [5.74, 6) is 1.34. The fourth-order valence-corrected chi connectivity index (χ4v) is 3.23. The molecule has 0 radical (unpaired) electrons. The van der Waals surface area contributed by atoms with Crippen molar-refractivity contribution in [2.75, 3.05) is 0 Å². The Labute approximate surface area is 136 Å². The average Bonchev–Trinajstić information content (AvgIpc) is 2.86. The van der Waals surface area contributed by atoms with Crippen molar-refractivity contribution < 1.29 is 9.21 Å². The number of pyridine rings is 1. The molecule has 0 spiro atoms. The van der Waals surface area contributed by atoms with E-state index in [0.717, 1.165) is 29.7 Å². The van der Waals surface area contributed by atoms with Crippen LogP contribution in [0.4, 0.5) is 0 Å². The van der Waals surface area contributed by atoms with Crippen LogP contribution in [0.1, 0.15) is 59.5 Å². The minimum absolute atomic E-state index is 0.0751. The van der Waals surface area contributed by atoms with Gasteiger partial charge in [0.05, 0.1) is 11.6 Å². The molecule has 0 atom stereocenters. The molecule has 1 aliphatic carbocycles. The number of furan rings is 1. The second-order valence-corrected chi connectivity index (χ2v) is 6.49. The molecule has 3 rings (SSSR count). The number of carbonyl (C=O) groups is 1. The molecule has 2 aromatic rings. The van der Waals surface area contributed by atoms with Gasteiger partial charge in [-0.05, 0) is 57.4 Å². The van der Waals surface area contributed by atoms with E-state index in [9.17, 15) is 4.79 Å². The van der Waals surface area contributed by atoms with E-state index in [0.29, 0.717) is 17.4 Å². The van der Waals surface area contributed by atoms with Gasteiger partial charge in [-0.2, -0.15) is 0 Å². The van der Waals surface area contributed by atoms with Gasteiger partial charge in [0.2, 0.25) is 0 Å². The minimum atomic E-state index is -0.0751. The van der Waals surface area contributed by atoms with Crippen molar-refractivity contribution in [3.63, 3.8) is 0 Å². The summed E-state index contributed by atoms with van der Waals surface area (Å²) < 4.78 is 7.16. The first kappa shape index (κ1) is 15.8. The highest BCUT2D eigenvalue weighted by molar-refractivity contribution is 5.96. The predicted octanol–water partition coefficient (Wildman–Crippen LogP) is 3.93. The first-order chi connectivity index (χ1) is 11.0. The van der Waals surface area contributed by atoms with E-state index in [4.69, 9.17) is 9.41 Å². The molecule has 0 bridgehead atoms. The highest BCUT2D eigenvalue weighted by atomic mass is 16.3. The molecule has 4 heteroatoms. The molecule has 2 heterocycles. The summed E-state index contributed by atoms with van der Waals surface area (Å²) in [6, 6.07) is 6.07. The van der Waals surface area contributed by atoms with Crippen LogP contribution in [0.5, 0.6) is 0 Å². The standard InChI is InChI=1S/C19H24N2O2/c1-13-9-10-21(19(22)17-12-14(2)23-15(17)3)18(11-13)20-16-7-5-4-6-8-16/h9-12,16H,4-8H2,1-3H3. The Morgan fingerprint density at radius 3 is 2.57 bits per heavy atom. The second-order valence-electron chi connectivity index (χ2n) is 6.49. The zero-order chi connectivity index (χ0) is 16.4. The van der Waals surface area contributed by atoms with Gasteiger partial charge >= 0.3 is 0 Å². The molecular weight excluding hydrogens is 288 g/mol. The summed E-state index contributed by atoms with van der Waals surface area (Å²) in [7, 11) is 0. The molecule has 4 nitrogen and oxygen atoms in total. The second kappa shape index (κ2) is 6.57. The number of rotatable bonds is 2. The maximum atomic E-state index is 12.9. The number of aromatic nitrogens is 1. The highest BCUT2D eigenvalue weighted by Gasteiger charge is 2.17. The van der Waals surface area contributed by atoms with E-state index in [1.165, 1.54) is 19.3 Å². The number of carbonyl (C=O) groups excluding carboxylic acids is 1. The SMILES string of the molecule is Cc1ccn(C(=O)c2cc(C)oc2C)c(=NC2CCCCC2)c1. The molecular formula is C19H24N2O2. The number of nitrogens with zero attached hydrogens (tertiary/aromatic N) is 2. The summed E-state index contributed by atoms with van der Waals surface area (Å²) >= 11 is 0. The molecule has 0 unspecified atom stereocenters. The molecule has 0 aromatic carbocycles. The normalized spacial score (nSPS) is 16.7. The minimum Gasteiger partial charge on any atom is -0.466 e. The fourth-order valence-electron chi connectivity index (χ4n) is 3.23. The zero-order valence-corrected chi connectivity index (χ0v) is 14.1. The lowest BCUT2D eigenvalue weighted by atomic mass is 9.96. The average molecular weight is 312 g/mol. The molecule has 122 valence electrons. The van der Waals surface area contributed by atoms with Gasteiger partial charge in [-0.15, -0.1) is 0 Å². The van der Waals surface area contributed by atoms with E-state index >= 15 is 0 Å². The van der Waals surface area contributed by atoms with E-state index < -0.39 is 0 Å². The van der Waals surface area contributed by atoms with Gasteiger partial charge in [0.15, 0.2) is 0 Å². The molecule has 0 amide bonds. The van der Waals surface area contributed by atoms with Crippen LogP contribution in [0.15, 0.2) is 33.8 Å². The van der Waals surface area contributed by atoms with Crippen molar-refractivity contribution >= 4 is 5.91 Å². The maximum absolute atomic E-state index is 12.9. The molecule has 0 aliphatic heterocycles. The van der Waals surface area contributed by atoms with Gasteiger partial charge in [0.25, 0.3) is 5.91 Å². The lowest BCUT2D eigenvalue weighted by Gasteiger charge is -2.18. The number of hydrogen-bond donors (Lipinski definition) is 0. The fraction of sp³-hybridized carbons (Fsp3) is 0.474. The van der Waals surface area contributed by atoms with Crippen molar-refractivity contribution in [1.82, 2.24) is 4.57 Å². The van der Waals surface area contributed by atoms with Crippen LogP contribution >= 0.6 is 0 Å². The molecule has 1 aliphatic rings. The largest absolute Gasteiger partial charge is 0.466 e. The van der Waals surface area contributed by atoms with Gasteiger partial charge in [0, 0.05) is 6.20 Å². The lowest BCUT2D eigenvalue weighted by molar-refractivity contribution is 0.0953. The molecule has 0 saturated heterocycles. The Morgan fingerprint density at radius 1 is 1.17 bits per heavy atom. The zero-order valence-electron chi connectivity index (χ0n) is 14.1. The highest BCUT2D eigenvalue weighted by Crippen LogP contribution is 2.20. The van der Waals surface area contributed by atoms with Crippen molar-refractivity contribution in [3.05, 3.63) is 52.5 Å². The Hall–Kier alpha value is -2.10. The first-order valence-corrected chi connectivity index (χ1v) is 8.39. The molecule has 1 saturated carbocycles.